The highest BCUT2D eigenvalue weighted by atomic mass is 16.5. The second-order valence-corrected chi connectivity index (χ2v) is 3.67. The summed E-state index contributed by atoms with van der Waals surface area (Å²) < 4.78 is 4.99. The predicted octanol–water partition coefficient (Wildman–Crippen LogP) is 0.694. The van der Waals surface area contributed by atoms with Crippen LogP contribution in [0.4, 0.5) is 0 Å². The highest BCUT2D eigenvalue weighted by molar-refractivity contribution is 5.72. The van der Waals surface area contributed by atoms with E-state index in [2.05, 4.69) is 20.4 Å². The standard InChI is InChI=1S/C11H12N4O3/c1-7(11(16)17)13-6-9-14-10(15-18-9)8-4-2-3-5-12-8/h2-5,7,13H,6H2,1H3,(H,16,17)/t7-/m0/s1. The van der Waals surface area contributed by atoms with Gasteiger partial charge in [0.05, 0.1) is 6.54 Å². The van der Waals surface area contributed by atoms with E-state index >= 15 is 0 Å². The van der Waals surface area contributed by atoms with Gasteiger partial charge in [0.25, 0.3) is 0 Å². The van der Waals surface area contributed by atoms with Gasteiger partial charge in [-0.15, -0.1) is 0 Å². The van der Waals surface area contributed by atoms with Crippen molar-refractivity contribution in [2.45, 2.75) is 19.5 Å². The topological polar surface area (TPSA) is 101 Å². The molecule has 0 amide bonds. The fourth-order valence-corrected chi connectivity index (χ4v) is 1.25. The van der Waals surface area contributed by atoms with Gasteiger partial charge in [-0.1, -0.05) is 11.2 Å². The third-order valence-corrected chi connectivity index (χ3v) is 2.29. The lowest BCUT2D eigenvalue weighted by Crippen LogP contribution is -2.33. The van der Waals surface area contributed by atoms with Crippen molar-refractivity contribution in [3.63, 3.8) is 0 Å². The molecular weight excluding hydrogens is 236 g/mol. The number of aromatic nitrogens is 3. The fourth-order valence-electron chi connectivity index (χ4n) is 1.25. The van der Waals surface area contributed by atoms with Crippen LogP contribution in [0.5, 0.6) is 0 Å². The number of hydrogen-bond acceptors (Lipinski definition) is 6. The van der Waals surface area contributed by atoms with E-state index in [1.54, 1.807) is 25.3 Å². The zero-order valence-electron chi connectivity index (χ0n) is 9.70. The van der Waals surface area contributed by atoms with E-state index in [1.807, 2.05) is 6.07 Å². The van der Waals surface area contributed by atoms with Gasteiger partial charge >= 0.3 is 5.97 Å². The second kappa shape index (κ2) is 5.37. The summed E-state index contributed by atoms with van der Waals surface area (Å²) in [7, 11) is 0. The molecule has 94 valence electrons. The minimum Gasteiger partial charge on any atom is -0.480 e. The van der Waals surface area contributed by atoms with Crippen molar-refractivity contribution < 1.29 is 14.4 Å². The summed E-state index contributed by atoms with van der Waals surface area (Å²) in [6.45, 7) is 1.74. The summed E-state index contributed by atoms with van der Waals surface area (Å²) in [6, 6.07) is 4.71. The number of nitrogens with zero attached hydrogens (tertiary/aromatic N) is 3. The Morgan fingerprint density at radius 2 is 2.39 bits per heavy atom. The number of aliphatic carboxylic acids is 1. The lowest BCUT2D eigenvalue weighted by Gasteiger charge is -2.04. The van der Waals surface area contributed by atoms with Crippen molar-refractivity contribution in [1.29, 1.82) is 0 Å². The largest absolute Gasteiger partial charge is 0.480 e. The molecule has 0 bridgehead atoms. The lowest BCUT2D eigenvalue weighted by atomic mass is 10.3. The molecular formula is C11H12N4O3. The molecule has 0 aliphatic rings. The molecule has 0 saturated carbocycles. The number of carboxylic acid groups (broad SMARTS) is 1. The molecule has 1 atom stereocenters. The highest BCUT2D eigenvalue weighted by Crippen LogP contribution is 2.11. The van der Waals surface area contributed by atoms with Crippen molar-refractivity contribution in [2.75, 3.05) is 0 Å². The van der Waals surface area contributed by atoms with Crippen LogP contribution in [-0.2, 0) is 11.3 Å². The smallest absolute Gasteiger partial charge is 0.320 e. The maximum atomic E-state index is 10.6. The Morgan fingerprint density at radius 3 is 3.06 bits per heavy atom. The summed E-state index contributed by atoms with van der Waals surface area (Å²) in [4.78, 5) is 18.8. The fraction of sp³-hybridized carbons (Fsp3) is 0.273. The van der Waals surface area contributed by atoms with E-state index < -0.39 is 12.0 Å². The van der Waals surface area contributed by atoms with Gasteiger partial charge in [0, 0.05) is 6.20 Å². The summed E-state index contributed by atoms with van der Waals surface area (Å²) in [5.74, 6) is -0.224. The molecule has 0 fully saturated rings. The van der Waals surface area contributed by atoms with Crippen LogP contribution in [0.1, 0.15) is 12.8 Å². The van der Waals surface area contributed by atoms with E-state index in [0.717, 1.165) is 0 Å². The molecule has 0 aromatic carbocycles. The Hall–Kier alpha value is -2.28. The molecule has 0 spiro atoms. The Morgan fingerprint density at radius 1 is 1.56 bits per heavy atom. The van der Waals surface area contributed by atoms with E-state index in [1.165, 1.54) is 0 Å². The van der Waals surface area contributed by atoms with Crippen LogP contribution in [0.3, 0.4) is 0 Å². The van der Waals surface area contributed by atoms with Gasteiger partial charge < -0.3 is 9.63 Å². The first-order chi connectivity index (χ1) is 8.66. The van der Waals surface area contributed by atoms with Crippen molar-refractivity contribution in [1.82, 2.24) is 20.4 Å². The van der Waals surface area contributed by atoms with Crippen LogP contribution >= 0.6 is 0 Å². The first-order valence-electron chi connectivity index (χ1n) is 5.37. The maximum absolute atomic E-state index is 10.6. The molecule has 7 nitrogen and oxygen atoms in total. The molecule has 2 heterocycles. The van der Waals surface area contributed by atoms with Gasteiger partial charge in [-0.3, -0.25) is 15.1 Å². The van der Waals surface area contributed by atoms with E-state index in [0.29, 0.717) is 17.4 Å². The van der Waals surface area contributed by atoms with Crippen molar-refractivity contribution in [3.05, 3.63) is 30.3 Å². The number of hydrogen-bond donors (Lipinski definition) is 2. The predicted molar refractivity (Wildman–Crippen MR) is 61.5 cm³/mol. The van der Waals surface area contributed by atoms with Gasteiger partial charge in [0.15, 0.2) is 0 Å². The Bertz CT molecular complexity index is 526. The number of carbonyl (C=O) groups is 1. The zero-order valence-corrected chi connectivity index (χ0v) is 9.70. The minimum atomic E-state index is -0.931. The molecule has 7 heteroatoms. The molecule has 18 heavy (non-hydrogen) atoms. The van der Waals surface area contributed by atoms with Gasteiger partial charge in [-0.05, 0) is 19.1 Å². The van der Waals surface area contributed by atoms with Gasteiger partial charge in [-0.25, -0.2) is 0 Å². The molecule has 2 aromatic heterocycles. The molecule has 0 saturated heterocycles. The molecule has 2 aromatic rings. The average molecular weight is 248 g/mol. The SMILES string of the molecule is C[C@H](NCc1nc(-c2ccccn2)no1)C(=O)O. The summed E-state index contributed by atoms with van der Waals surface area (Å²) in [5.41, 5.74) is 0.610. The van der Waals surface area contributed by atoms with Crippen LogP contribution in [0, 0.1) is 0 Å². The van der Waals surface area contributed by atoms with E-state index in [-0.39, 0.29) is 6.54 Å². The zero-order chi connectivity index (χ0) is 13.0. The van der Waals surface area contributed by atoms with E-state index in [4.69, 9.17) is 9.63 Å². The Balaban J connectivity index is 2.01. The van der Waals surface area contributed by atoms with Gasteiger partial charge in [-0.2, -0.15) is 4.98 Å². The van der Waals surface area contributed by atoms with E-state index in [9.17, 15) is 4.79 Å². The van der Waals surface area contributed by atoms with Crippen LogP contribution in [0.2, 0.25) is 0 Å². The molecule has 2 N–H and O–H groups in total. The first-order valence-corrected chi connectivity index (χ1v) is 5.37. The Kier molecular flexibility index (Phi) is 3.63. The lowest BCUT2D eigenvalue weighted by molar-refractivity contribution is -0.139. The summed E-state index contributed by atoms with van der Waals surface area (Å²) in [5, 5.41) is 15.2. The molecule has 0 aliphatic heterocycles. The van der Waals surface area contributed by atoms with Crippen LogP contribution in [0.25, 0.3) is 11.5 Å². The molecule has 0 unspecified atom stereocenters. The number of rotatable bonds is 5. The normalized spacial score (nSPS) is 12.3. The highest BCUT2D eigenvalue weighted by Gasteiger charge is 2.13. The monoisotopic (exact) mass is 248 g/mol. The number of pyridine rings is 1. The maximum Gasteiger partial charge on any atom is 0.320 e. The minimum absolute atomic E-state index is 0.202. The van der Waals surface area contributed by atoms with Crippen molar-refractivity contribution in [3.8, 4) is 11.5 Å². The summed E-state index contributed by atoms with van der Waals surface area (Å²) in [6.07, 6.45) is 1.64. The summed E-state index contributed by atoms with van der Waals surface area (Å²) >= 11 is 0. The second-order valence-electron chi connectivity index (χ2n) is 3.67. The Labute approximate surface area is 103 Å². The van der Waals surface area contributed by atoms with Gasteiger partial charge in [0.1, 0.15) is 11.7 Å². The van der Waals surface area contributed by atoms with Crippen molar-refractivity contribution in [2.24, 2.45) is 0 Å². The number of nitrogens with one attached hydrogen (secondary N) is 1. The van der Waals surface area contributed by atoms with Crippen LogP contribution < -0.4 is 5.32 Å². The molecule has 0 aliphatic carbocycles. The van der Waals surface area contributed by atoms with Crippen LogP contribution in [-0.4, -0.2) is 32.2 Å². The number of carboxylic acids is 1. The quantitative estimate of drug-likeness (QED) is 0.802. The molecule has 0 radical (unpaired) electrons. The molecule has 2 rings (SSSR count). The third-order valence-electron chi connectivity index (χ3n) is 2.29. The van der Waals surface area contributed by atoms with Gasteiger partial charge in [0.2, 0.25) is 11.7 Å². The average Bonchev–Trinajstić information content (AvgIpc) is 2.85. The van der Waals surface area contributed by atoms with Crippen molar-refractivity contribution >= 4 is 5.97 Å². The third kappa shape index (κ3) is 2.89. The first kappa shape index (κ1) is 12.2. The van der Waals surface area contributed by atoms with Crippen LogP contribution in [0.15, 0.2) is 28.9 Å².